The third-order valence-corrected chi connectivity index (χ3v) is 4.83. The molecule has 1 amide bonds. The van der Waals surface area contributed by atoms with Crippen LogP contribution in [0.25, 0.3) is 0 Å². The number of rotatable bonds is 8. The molecule has 0 radical (unpaired) electrons. The van der Waals surface area contributed by atoms with Crippen LogP contribution >= 0.6 is 11.6 Å². The van der Waals surface area contributed by atoms with E-state index in [4.69, 9.17) is 16.3 Å². The van der Waals surface area contributed by atoms with Gasteiger partial charge in [-0.2, -0.15) is 10.2 Å². The van der Waals surface area contributed by atoms with Crippen molar-refractivity contribution in [2.24, 2.45) is 0 Å². The van der Waals surface area contributed by atoms with Crippen molar-refractivity contribution in [2.75, 3.05) is 5.32 Å². The molecule has 2 aromatic heterocycles. The van der Waals surface area contributed by atoms with Crippen molar-refractivity contribution in [1.29, 1.82) is 0 Å². The third kappa shape index (κ3) is 5.33. The SMILES string of the molecule is O=C(Nc1cnn(Cc2ccccc2F)c1)c1ccn(COc2ccc([N+](=O)[O-])cc2Cl)n1. The molecule has 0 bridgehead atoms. The maximum atomic E-state index is 13.8. The van der Waals surface area contributed by atoms with Crippen LogP contribution in [0, 0.1) is 15.9 Å². The fraction of sp³-hybridized carbons (Fsp3) is 0.0952. The average molecular weight is 471 g/mol. The van der Waals surface area contributed by atoms with E-state index in [2.05, 4.69) is 15.5 Å². The highest BCUT2D eigenvalue weighted by atomic mass is 35.5. The minimum Gasteiger partial charge on any atom is -0.470 e. The van der Waals surface area contributed by atoms with Gasteiger partial charge in [0.15, 0.2) is 12.4 Å². The Morgan fingerprint density at radius 2 is 2.03 bits per heavy atom. The molecule has 0 spiro atoms. The number of nitrogens with zero attached hydrogens (tertiary/aromatic N) is 5. The molecule has 4 aromatic rings. The predicted octanol–water partition coefficient (Wildman–Crippen LogP) is 4.12. The molecule has 10 nitrogen and oxygen atoms in total. The van der Waals surface area contributed by atoms with Gasteiger partial charge in [-0.25, -0.2) is 9.07 Å². The first-order valence-electron chi connectivity index (χ1n) is 9.56. The minimum absolute atomic E-state index is 0.0641. The minimum atomic E-state index is -0.558. The number of halogens is 2. The lowest BCUT2D eigenvalue weighted by atomic mass is 10.2. The number of benzene rings is 2. The Morgan fingerprint density at radius 3 is 2.79 bits per heavy atom. The predicted molar refractivity (Wildman–Crippen MR) is 117 cm³/mol. The van der Waals surface area contributed by atoms with E-state index < -0.39 is 10.8 Å². The zero-order valence-electron chi connectivity index (χ0n) is 16.9. The summed E-state index contributed by atoms with van der Waals surface area (Å²) in [5.74, 6) is -0.556. The Bertz CT molecular complexity index is 1320. The van der Waals surface area contributed by atoms with Gasteiger partial charge in [0, 0.05) is 30.1 Å². The molecular weight excluding hydrogens is 455 g/mol. The molecule has 0 unspecified atom stereocenters. The quantitative estimate of drug-likeness (QED) is 0.306. The van der Waals surface area contributed by atoms with Gasteiger partial charge in [0.25, 0.3) is 11.6 Å². The Morgan fingerprint density at radius 1 is 1.21 bits per heavy atom. The first-order valence-corrected chi connectivity index (χ1v) is 9.94. The first kappa shape index (κ1) is 22.0. The molecule has 33 heavy (non-hydrogen) atoms. The van der Waals surface area contributed by atoms with E-state index in [1.807, 2.05) is 0 Å². The second-order valence-corrected chi connectivity index (χ2v) is 7.27. The van der Waals surface area contributed by atoms with Gasteiger partial charge in [-0.05, 0) is 18.2 Å². The van der Waals surface area contributed by atoms with Gasteiger partial charge in [0.1, 0.15) is 11.6 Å². The number of ether oxygens (including phenoxy) is 1. The number of amides is 1. The maximum Gasteiger partial charge on any atom is 0.276 e. The zero-order valence-corrected chi connectivity index (χ0v) is 17.6. The Hall–Kier alpha value is -4.25. The lowest BCUT2D eigenvalue weighted by Crippen LogP contribution is -2.14. The Kier molecular flexibility index (Phi) is 6.31. The number of carbonyl (C=O) groups excluding carboxylic acids is 1. The van der Waals surface area contributed by atoms with Crippen LogP contribution in [0.15, 0.2) is 67.1 Å². The van der Waals surface area contributed by atoms with Gasteiger partial charge >= 0.3 is 0 Å². The van der Waals surface area contributed by atoms with Gasteiger partial charge < -0.3 is 10.1 Å². The van der Waals surface area contributed by atoms with Crippen LogP contribution in [0.2, 0.25) is 5.02 Å². The summed E-state index contributed by atoms with van der Waals surface area (Å²) < 4.78 is 22.2. The lowest BCUT2D eigenvalue weighted by molar-refractivity contribution is -0.384. The van der Waals surface area contributed by atoms with Crippen molar-refractivity contribution >= 4 is 28.9 Å². The van der Waals surface area contributed by atoms with Crippen LogP contribution in [-0.2, 0) is 13.3 Å². The van der Waals surface area contributed by atoms with Gasteiger partial charge in [0.2, 0.25) is 0 Å². The molecule has 0 aliphatic rings. The number of aromatic nitrogens is 4. The molecule has 0 saturated heterocycles. The number of hydrogen-bond acceptors (Lipinski definition) is 6. The number of anilines is 1. The summed E-state index contributed by atoms with van der Waals surface area (Å²) in [5, 5.41) is 21.8. The van der Waals surface area contributed by atoms with Crippen LogP contribution < -0.4 is 10.1 Å². The smallest absolute Gasteiger partial charge is 0.276 e. The summed E-state index contributed by atoms with van der Waals surface area (Å²) in [6, 6.07) is 11.7. The first-order chi connectivity index (χ1) is 15.9. The molecule has 2 heterocycles. The van der Waals surface area contributed by atoms with Crippen molar-refractivity contribution in [1.82, 2.24) is 19.6 Å². The molecule has 0 aliphatic heterocycles. The normalized spacial score (nSPS) is 10.7. The highest BCUT2D eigenvalue weighted by Crippen LogP contribution is 2.28. The molecule has 0 atom stereocenters. The van der Waals surface area contributed by atoms with E-state index in [1.165, 1.54) is 52.1 Å². The molecule has 4 rings (SSSR count). The van der Waals surface area contributed by atoms with Crippen molar-refractivity contribution in [3.05, 3.63) is 99.3 Å². The largest absolute Gasteiger partial charge is 0.470 e. The molecular formula is C21H16ClFN6O4. The van der Waals surface area contributed by atoms with Gasteiger partial charge in [-0.15, -0.1) is 0 Å². The highest BCUT2D eigenvalue weighted by molar-refractivity contribution is 6.32. The zero-order chi connectivity index (χ0) is 23.4. The molecule has 0 fully saturated rings. The Labute approximate surface area is 191 Å². The van der Waals surface area contributed by atoms with E-state index in [1.54, 1.807) is 24.4 Å². The second kappa shape index (κ2) is 9.49. The molecule has 0 saturated carbocycles. The number of nitro benzene ring substituents is 1. The van der Waals surface area contributed by atoms with Crippen LogP contribution in [0.1, 0.15) is 16.1 Å². The molecule has 0 aliphatic carbocycles. The number of carbonyl (C=O) groups is 1. The molecule has 2 aromatic carbocycles. The van der Waals surface area contributed by atoms with Crippen molar-refractivity contribution < 1.29 is 18.8 Å². The van der Waals surface area contributed by atoms with E-state index in [-0.39, 0.29) is 41.2 Å². The topological polar surface area (TPSA) is 117 Å². The van der Waals surface area contributed by atoms with Gasteiger partial charge in [-0.1, -0.05) is 29.8 Å². The fourth-order valence-corrected chi connectivity index (χ4v) is 3.15. The number of nitrogens with one attached hydrogen (secondary N) is 1. The summed E-state index contributed by atoms with van der Waals surface area (Å²) in [7, 11) is 0. The van der Waals surface area contributed by atoms with Crippen LogP contribution in [0.3, 0.4) is 0 Å². The number of non-ortho nitro benzene ring substituents is 1. The monoisotopic (exact) mass is 470 g/mol. The lowest BCUT2D eigenvalue weighted by Gasteiger charge is -2.07. The summed E-state index contributed by atoms with van der Waals surface area (Å²) >= 11 is 6.00. The number of hydrogen-bond donors (Lipinski definition) is 1. The van der Waals surface area contributed by atoms with Crippen LogP contribution in [0.5, 0.6) is 5.75 Å². The van der Waals surface area contributed by atoms with Gasteiger partial charge in [0.05, 0.1) is 28.4 Å². The second-order valence-electron chi connectivity index (χ2n) is 6.86. The summed E-state index contributed by atoms with van der Waals surface area (Å²) in [5.41, 5.74) is 0.892. The maximum absolute atomic E-state index is 13.8. The molecule has 1 N–H and O–H groups in total. The van der Waals surface area contributed by atoms with E-state index >= 15 is 0 Å². The highest BCUT2D eigenvalue weighted by Gasteiger charge is 2.13. The van der Waals surface area contributed by atoms with Crippen molar-refractivity contribution in [3.63, 3.8) is 0 Å². The standard InChI is InChI=1S/C21H16ClFN6O4/c22-17-9-16(29(31)32)5-6-20(17)33-13-27-8-7-19(26-27)21(30)25-15-10-24-28(12-15)11-14-3-1-2-4-18(14)23/h1-10,12H,11,13H2,(H,25,30). The third-order valence-electron chi connectivity index (χ3n) is 4.53. The number of nitro groups is 1. The van der Waals surface area contributed by atoms with E-state index in [0.29, 0.717) is 11.3 Å². The van der Waals surface area contributed by atoms with Crippen LogP contribution in [0.4, 0.5) is 15.8 Å². The summed E-state index contributed by atoms with van der Waals surface area (Å²) in [6.07, 6.45) is 4.58. The summed E-state index contributed by atoms with van der Waals surface area (Å²) in [4.78, 5) is 22.7. The van der Waals surface area contributed by atoms with Crippen LogP contribution in [-0.4, -0.2) is 30.4 Å². The summed E-state index contributed by atoms with van der Waals surface area (Å²) in [6.45, 7) is 0.158. The van der Waals surface area contributed by atoms with E-state index in [0.717, 1.165) is 0 Å². The van der Waals surface area contributed by atoms with Crippen molar-refractivity contribution in [2.45, 2.75) is 13.3 Å². The van der Waals surface area contributed by atoms with Crippen molar-refractivity contribution in [3.8, 4) is 5.75 Å². The van der Waals surface area contributed by atoms with Gasteiger partial charge in [-0.3, -0.25) is 19.6 Å². The average Bonchev–Trinajstić information content (AvgIpc) is 3.44. The fourth-order valence-electron chi connectivity index (χ4n) is 2.92. The molecule has 168 valence electrons. The van der Waals surface area contributed by atoms with E-state index in [9.17, 15) is 19.3 Å². The molecule has 12 heteroatoms. The Balaban J connectivity index is 1.34.